The average Bonchev–Trinajstić information content (AvgIpc) is 3.57. The number of carbonyl (C=O) groups excluding carboxylic acids is 3. The first kappa shape index (κ1) is 26.7. The van der Waals surface area contributed by atoms with E-state index in [1.165, 1.54) is 4.68 Å². The Morgan fingerprint density at radius 3 is 2.30 bits per heavy atom. The molecule has 4 aromatic rings. The molecule has 0 atom stereocenters. The quantitative estimate of drug-likeness (QED) is 0.365. The molecule has 0 spiro atoms. The van der Waals surface area contributed by atoms with Gasteiger partial charge in [-0.1, -0.05) is 0 Å². The van der Waals surface area contributed by atoms with Crippen LogP contribution in [-0.4, -0.2) is 61.6 Å². The van der Waals surface area contributed by atoms with Crippen LogP contribution in [0, 0.1) is 0 Å². The largest absolute Gasteiger partial charge is 0.497 e. The first-order valence-electron chi connectivity index (χ1n) is 13.0. The molecule has 0 bridgehead atoms. The minimum Gasteiger partial charge on any atom is -0.497 e. The number of hydrogen-bond acceptors (Lipinski definition) is 6. The van der Waals surface area contributed by atoms with E-state index in [0.29, 0.717) is 47.9 Å². The van der Waals surface area contributed by atoms with Crippen molar-refractivity contribution in [1.82, 2.24) is 24.2 Å². The standard InChI is InChI=1S/C29H31N7O4/c1-18(2)35(19(3)37)17-25-31-14-16-33(25)20-5-7-21(8-6-20)34-15-13-24-26(28(30)38)32-36(27(24)29(34)39)22-9-11-23(40-4)12-10-22/h5-12,14,16,18H,13,15,17H2,1-4H3,(H2,30,38). The Morgan fingerprint density at radius 1 is 1.05 bits per heavy atom. The van der Waals surface area contributed by atoms with Crippen LogP contribution in [-0.2, 0) is 17.8 Å². The lowest BCUT2D eigenvalue weighted by molar-refractivity contribution is -0.131. The summed E-state index contributed by atoms with van der Waals surface area (Å²) in [6, 6.07) is 14.7. The number of hydrogen-bond donors (Lipinski definition) is 1. The predicted molar refractivity (Wildman–Crippen MR) is 149 cm³/mol. The van der Waals surface area contributed by atoms with Crippen LogP contribution in [0.5, 0.6) is 5.75 Å². The van der Waals surface area contributed by atoms with Crippen molar-refractivity contribution in [1.29, 1.82) is 0 Å². The molecule has 11 nitrogen and oxygen atoms in total. The van der Waals surface area contributed by atoms with E-state index in [1.807, 2.05) is 48.9 Å². The van der Waals surface area contributed by atoms with Gasteiger partial charge in [0.05, 0.1) is 19.3 Å². The minimum atomic E-state index is -0.675. The number of nitrogens with zero attached hydrogens (tertiary/aromatic N) is 6. The van der Waals surface area contributed by atoms with Gasteiger partial charge in [0.15, 0.2) is 5.69 Å². The van der Waals surface area contributed by atoms with Gasteiger partial charge in [0.2, 0.25) is 5.91 Å². The van der Waals surface area contributed by atoms with Crippen molar-refractivity contribution in [3.63, 3.8) is 0 Å². The van der Waals surface area contributed by atoms with Gasteiger partial charge in [-0.05, 0) is 68.8 Å². The number of carbonyl (C=O) groups is 3. The molecule has 0 radical (unpaired) electrons. The number of benzene rings is 2. The van der Waals surface area contributed by atoms with Crippen molar-refractivity contribution >= 4 is 23.4 Å². The Morgan fingerprint density at radius 2 is 1.70 bits per heavy atom. The summed E-state index contributed by atoms with van der Waals surface area (Å²) < 4.78 is 8.64. The first-order chi connectivity index (χ1) is 19.2. The second-order valence-electron chi connectivity index (χ2n) is 9.83. The zero-order chi connectivity index (χ0) is 28.6. The Balaban J connectivity index is 1.45. The summed E-state index contributed by atoms with van der Waals surface area (Å²) in [5.74, 6) is 0.425. The van der Waals surface area contributed by atoms with Crippen molar-refractivity contribution in [2.45, 2.75) is 39.8 Å². The Kier molecular flexibility index (Phi) is 7.12. The highest BCUT2D eigenvalue weighted by molar-refractivity contribution is 6.09. The zero-order valence-corrected chi connectivity index (χ0v) is 22.9. The summed E-state index contributed by atoms with van der Waals surface area (Å²) in [7, 11) is 1.57. The van der Waals surface area contributed by atoms with Crippen LogP contribution < -0.4 is 15.4 Å². The van der Waals surface area contributed by atoms with E-state index in [-0.39, 0.29) is 23.6 Å². The highest BCUT2D eigenvalue weighted by Gasteiger charge is 2.34. The molecule has 1 aliphatic heterocycles. The smallest absolute Gasteiger partial charge is 0.277 e. The Labute approximate surface area is 231 Å². The van der Waals surface area contributed by atoms with Gasteiger partial charge in [-0.15, -0.1) is 0 Å². The number of ether oxygens (including phenoxy) is 1. The van der Waals surface area contributed by atoms with Crippen LogP contribution in [0.3, 0.4) is 0 Å². The van der Waals surface area contributed by atoms with Gasteiger partial charge in [0.1, 0.15) is 17.3 Å². The number of aromatic nitrogens is 4. The third kappa shape index (κ3) is 4.81. The number of methoxy groups -OCH3 is 1. The third-order valence-electron chi connectivity index (χ3n) is 7.06. The fourth-order valence-electron chi connectivity index (χ4n) is 5.00. The molecule has 2 aromatic heterocycles. The van der Waals surface area contributed by atoms with Crippen molar-refractivity contribution in [2.75, 3.05) is 18.6 Å². The molecule has 11 heteroatoms. The molecule has 206 valence electrons. The van der Waals surface area contributed by atoms with Crippen molar-refractivity contribution < 1.29 is 19.1 Å². The van der Waals surface area contributed by atoms with Gasteiger partial charge in [0.25, 0.3) is 11.8 Å². The molecule has 40 heavy (non-hydrogen) atoms. The van der Waals surface area contributed by atoms with Gasteiger partial charge in [-0.25, -0.2) is 9.67 Å². The molecule has 0 saturated carbocycles. The molecule has 3 amide bonds. The van der Waals surface area contributed by atoms with E-state index in [1.54, 1.807) is 54.3 Å². The number of amides is 3. The predicted octanol–water partition coefficient (Wildman–Crippen LogP) is 3.13. The second-order valence-corrected chi connectivity index (χ2v) is 9.83. The lowest BCUT2D eigenvalue weighted by atomic mass is 10.0. The SMILES string of the molecule is COc1ccc(-n2nc(C(N)=O)c3c2C(=O)N(c2ccc(-n4ccnc4CN(C(C)=O)C(C)C)cc2)CC3)cc1. The summed E-state index contributed by atoms with van der Waals surface area (Å²) in [5.41, 5.74) is 8.75. The third-order valence-corrected chi connectivity index (χ3v) is 7.06. The molecule has 1 aliphatic rings. The maximum absolute atomic E-state index is 13.8. The Bertz CT molecular complexity index is 1570. The zero-order valence-electron chi connectivity index (χ0n) is 22.9. The second kappa shape index (κ2) is 10.7. The maximum atomic E-state index is 13.8. The highest BCUT2D eigenvalue weighted by Crippen LogP contribution is 2.30. The van der Waals surface area contributed by atoms with Crippen molar-refractivity contribution in [2.24, 2.45) is 5.73 Å². The van der Waals surface area contributed by atoms with Crippen LogP contribution in [0.15, 0.2) is 60.9 Å². The highest BCUT2D eigenvalue weighted by atomic mass is 16.5. The molecular weight excluding hydrogens is 510 g/mol. The molecule has 5 rings (SSSR count). The van der Waals surface area contributed by atoms with Crippen LogP contribution in [0.2, 0.25) is 0 Å². The number of anilines is 1. The molecule has 0 fully saturated rings. The lowest BCUT2D eigenvalue weighted by Crippen LogP contribution is -2.39. The van der Waals surface area contributed by atoms with Gasteiger partial charge < -0.3 is 24.8 Å². The van der Waals surface area contributed by atoms with E-state index in [9.17, 15) is 14.4 Å². The van der Waals surface area contributed by atoms with Crippen molar-refractivity contribution in [3.8, 4) is 17.1 Å². The van der Waals surface area contributed by atoms with Crippen LogP contribution >= 0.6 is 0 Å². The van der Waals surface area contributed by atoms with E-state index >= 15 is 0 Å². The van der Waals surface area contributed by atoms with Gasteiger partial charge in [-0.2, -0.15) is 5.10 Å². The van der Waals surface area contributed by atoms with Crippen LogP contribution in [0.25, 0.3) is 11.4 Å². The summed E-state index contributed by atoms with van der Waals surface area (Å²) in [6.07, 6.45) is 3.98. The number of primary amides is 1. The topological polar surface area (TPSA) is 129 Å². The Hall–Kier alpha value is -4.93. The molecule has 0 aliphatic carbocycles. The van der Waals surface area contributed by atoms with Crippen LogP contribution in [0.4, 0.5) is 5.69 Å². The molecular formula is C29H31N7O4. The number of rotatable bonds is 8. The molecule has 0 unspecified atom stereocenters. The number of fused-ring (bicyclic) bond motifs is 1. The van der Waals surface area contributed by atoms with E-state index in [0.717, 1.165) is 11.5 Å². The number of nitrogens with two attached hydrogens (primary N) is 1. The summed E-state index contributed by atoms with van der Waals surface area (Å²) in [6.45, 7) is 6.25. The van der Waals surface area contributed by atoms with Gasteiger partial charge >= 0.3 is 0 Å². The molecule has 0 saturated heterocycles. The van der Waals surface area contributed by atoms with Crippen molar-refractivity contribution in [3.05, 3.63) is 83.7 Å². The van der Waals surface area contributed by atoms with Gasteiger partial charge in [-0.3, -0.25) is 14.4 Å². The molecule has 3 heterocycles. The maximum Gasteiger partial charge on any atom is 0.277 e. The van der Waals surface area contributed by atoms with Gasteiger partial charge in [0, 0.05) is 48.8 Å². The fraction of sp³-hybridized carbons (Fsp3) is 0.276. The molecule has 2 aromatic carbocycles. The van der Waals surface area contributed by atoms with Crippen LogP contribution in [0.1, 0.15) is 53.1 Å². The molecule has 2 N–H and O–H groups in total. The summed E-state index contributed by atoms with van der Waals surface area (Å²) in [5, 5.41) is 4.42. The van der Waals surface area contributed by atoms with E-state index in [4.69, 9.17) is 10.5 Å². The monoisotopic (exact) mass is 541 g/mol. The minimum absolute atomic E-state index is 0.0174. The lowest BCUT2D eigenvalue weighted by Gasteiger charge is -2.28. The fourth-order valence-corrected chi connectivity index (χ4v) is 5.00. The normalized spacial score (nSPS) is 12.9. The number of imidazole rings is 1. The summed E-state index contributed by atoms with van der Waals surface area (Å²) >= 11 is 0. The van der Waals surface area contributed by atoms with E-state index in [2.05, 4.69) is 10.1 Å². The average molecular weight is 542 g/mol. The summed E-state index contributed by atoms with van der Waals surface area (Å²) in [4.78, 5) is 46.0. The first-order valence-corrected chi connectivity index (χ1v) is 13.0. The van der Waals surface area contributed by atoms with E-state index < -0.39 is 5.91 Å².